The van der Waals surface area contributed by atoms with Gasteiger partial charge in [-0.2, -0.15) is 0 Å². The topological polar surface area (TPSA) is 42.0 Å². The maximum atomic E-state index is 12.3. The van der Waals surface area contributed by atoms with Crippen LogP contribution in [-0.4, -0.2) is 64.4 Å². The van der Waals surface area contributed by atoms with Gasteiger partial charge in [-0.05, 0) is 50.1 Å². The van der Waals surface area contributed by atoms with Crippen molar-refractivity contribution in [2.24, 2.45) is 0 Å². The first-order valence-corrected chi connectivity index (χ1v) is 8.73. The predicted octanol–water partition coefficient (Wildman–Crippen LogP) is 2.43. The Morgan fingerprint density at radius 1 is 1.29 bits per heavy atom. The summed E-state index contributed by atoms with van der Waals surface area (Å²) in [6, 6.07) is 4.76. The van der Waals surface area contributed by atoms with Gasteiger partial charge in [0, 0.05) is 51.0 Å². The van der Waals surface area contributed by atoms with Crippen molar-refractivity contribution in [3.63, 3.8) is 0 Å². The summed E-state index contributed by atoms with van der Waals surface area (Å²) in [6.45, 7) is 5.73. The fraction of sp³-hybridized carbons (Fsp3) is 0.632. The van der Waals surface area contributed by atoms with Crippen molar-refractivity contribution in [3.8, 4) is 0 Å². The summed E-state index contributed by atoms with van der Waals surface area (Å²) >= 11 is 0. The largest absolute Gasteiger partial charge is 0.465 e. The van der Waals surface area contributed by atoms with E-state index in [0.717, 1.165) is 50.4 Å². The quantitative estimate of drug-likeness (QED) is 0.792. The number of nitrogens with zero attached hydrogens (tertiary/aromatic N) is 2. The Hall–Kier alpha value is -1.59. The third-order valence-electron chi connectivity index (χ3n) is 5.46. The highest BCUT2D eigenvalue weighted by Crippen LogP contribution is 2.34. The second kappa shape index (κ2) is 7.11. The van der Waals surface area contributed by atoms with Crippen LogP contribution in [0.3, 0.4) is 0 Å². The van der Waals surface area contributed by atoms with Crippen LogP contribution < -0.4 is 4.90 Å². The molecule has 0 spiro atoms. The third kappa shape index (κ3) is 3.28. The monoisotopic (exact) mass is 332 g/mol. The molecule has 2 fully saturated rings. The molecule has 0 atom stereocenters. The van der Waals surface area contributed by atoms with Crippen molar-refractivity contribution in [1.29, 1.82) is 0 Å². The van der Waals surface area contributed by atoms with Crippen molar-refractivity contribution in [2.45, 2.75) is 31.7 Å². The van der Waals surface area contributed by atoms with Crippen LogP contribution in [0, 0.1) is 6.92 Å². The molecule has 0 saturated carbocycles. The highest BCUT2D eigenvalue weighted by molar-refractivity contribution is 5.93. The van der Waals surface area contributed by atoms with Gasteiger partial charge >= 0.3 is 5.97 Å². The molecule has 0 N–H and O–H groups in total. The molecular formula is C19H28N2O3. The Kier molecular flexibility index (Phi) is 5.11. The number of methoxy groups -OCH3 is 1. The molecule has 1 aromatic carbocycles. The first-order valence-electron chi connectivity index (χ1n) is 8.73. The zero-order valence-electron chi connectivity index (χ0n) is 15.2. The second-order valence-electron chi connectivity index (χ2n) is 7.08. The number of likely N-dealkylation sites (N-methyl/N-ethyl adjacent to an activating group) is 1. The van der Waals surface area contributed by atoms with E-state index in [1.165, 1.54) is 12.7 Å². The van der Waals surface area contributed by atoms with Gasteiger partial charge in [-0.25, -0.2) is 4.79 Å². The number of rotatable bonds is 4. The van der Waals surface area contributed by atoms with E-state index in [2.05, 4.69) is 30.0 Å². The van der Waals surface area contributed by atoms with Gasteiger partial charge in [0.2, 0.25) is 0 Å². The molecule has 1 aromatic rings. The van der Waals surface area contributed by atoms with Gasteiger partial charge in [0.25, 0.3) is 0 Å². The fourth-order valence-corrected chi connectivity index (χ4v) is 3.82. The lowest BCUT2D eigenvalue weighted by Gasteiger charge is -2.38. The average Bonchev–Trinajstić information content (AvgIpc) is 2.59. The molecule has 2 aliphatic heterocycles. The lowest BCUT2D eigenvalue weighted by molar-refractivity contribution is 0.0599. The number of benzene rings is 1. The number of hydrogen-bond acceptors (Lipinski definition) is 5. The summed E-state index contributed by atoms with van der Waals surface area (Å²) < 4.78 is 10.5. The predicted molar refractivity (Wildman–Crippen MR) is 95.0 cm³/mol. The van der Waals surface area contributed by atoms with Crippen LogP contribution >= 0.6 is 0 Å². The van der Waals surface area contributed by atoms with Crippen LogP contribution in [0.1, 0.15) is 40.2 Å². The molecule has 0 aliphatic carbocycles. The van der Waals surface area contributed by atoms with E-state index >= 15 is 0 Å². The molecule has 2 heterocycles. The van der Waals surface area contributed by atoms with Gasteiger partial charge < -0.3 is 19.3 Å². The highest BCUT2D eigenvalue weighted by atomic mass is 16.5. The standard InChI is InChI=1S/C19H28N2O3/c1-13-17(19(22)23-4)9-14(15-11-20(2)12-15)10-18(13)21(3)16-5-7-24-8-6-16/h9-10,15-16H,5-8,11-12H2,1-4H3. The molecule has 5 heteroatoms. The molecule has 5 nitrogen and oxygen atoms in total. The van der Waals surface area contributed by atoms with E-state index in [0.29, 0.717) is 17.5 Å². The van der Waals surface area contributed by atoms with E-state index in [9.17, 15) is 4.79 Å². The molecule has 2 aliphatic rings. The van der Waals surface area contributed by atoms with Crippen LogP contribution in [0.4, 0.5) is 5.69 Å². The van der Waals surface area contributed by atoms with E-state index in [4.69, 9.17) is 9.47 Å². The van der Waals surface area contributed by atoms with E-state index < -0.39 is 0 Å². The minimum atomic E-state index is -0.247. The minimum absolute atomic E-state index is 0.247. The first-order chi connectivity index (χ1) is 11.5. The third-order valence-corrected chi connectivity index (χ3v) is 5.46. The molecule has 0 aromatic heterocycles. The summed E-state index contributed by atoms with van der Waals surface area (Å²) in [7, 11) is 5.71. The van der Waals surface area contributed by atoms with Crippen molar-refractivity contribution in [3.05, 3.63) is 28.8 Å². The van der Waals surface area contributed by atoms with Crippen LogP contribution in [0.15, 0.2) is 12.1 Å². The van der Waals surface area contributed by atoms with Gasteiger partial charge in [-0.1, -0.05) is 0 Å². The Balaban J connectivity index is 1.96. The summed E-state index contributed by atoms with van der Waals surface area (Å²) in [6.07, 6.45) is 2.06. The van der Waals surface area contributed by atoms with Gasteiger partial charge in [-0.3, -0.25) is 0 Å². The number of hydrogen-bond donors (Lipinski definition) is 0. The zero-order chi connectivity index (χ0) is 17.3. The van der Waals surface area contributed by atoms with Crippen molar-refractivity contribution < 1.29 is 14.3 Å². The molecule has 132 valence electrons. The molecule has 0 radical (unpaired) electrons. The van der Waals surface area contributed by atoms with E-state index in [1.54, 1.807) is 0 Å². The summed E-state index contributed by atoms with van der Waals surface area (Å²) in [5.74, 6) is 0.254. The SMILES string of the molecule is COC(=O)c1cc(C2CN(C)C2)cc(N(C)C2CCOCC2)c1C. The zero-order valence-corrected chi connectivity index (χ0v) is 15.2. The number of anilines is 1. The average molecular weight is 332 g/mol. The van der Waals surface area contributed by atoms with E-state index in [1.807, 2.05) is 13.0 Å². The Bertz CT molecular complexity index is 605. The number of carbonyl (C=O) groups excluding carboxylic acids is 1. The summed E-state index contributed by atoms with van der Waals surface area (Å²) in [5.41, 5.74) is 4.09. The number of esters is 1. The fourth-order valence-electron chi connectivity index (χ4n) is 3.82. The number of likely N-dealkylation sites (tertiary alicyclic amines) is 1. The molecule has 0 unspecified atom stereocenters. The van der Waals surface area contributed by atoms with Gasteiger partial charge in [-0.15, -0.1) is 0 Å². The van der Waals surface area contributed by atoms with Gasteiger partial charge in [0.05, 0.1) is 12.7 Å². The maximum Gasteiger partial charge on any atom is 0.338 e. The molecule has 2 saturated heterocycles. The smallest absolute Gasteiger partial charge is 0.338 e. The molecule has 3 rings (SSSR count). The summed E-state index contributed by atoms with van der Waals surface area (Å²) in [5, 5.41) is 0. The maximum absolute atomic E-state index is 12.3. The minimum Gasteiger partial charge on any atom is -0.465 e. The highest BCUT2D eigenvalue weighted by Gasteiger charge is 2.29. The van der Waals surface area contributed by atoms with E-state index in [-0.39, 0.29) is 5.97 Å². The van der Waals surface area contributed by atoms with Crippen LogP contribution in [-0.2, 0) is 9.47 Å². The van der Waals surface area contributed by atoms with Gasteiger partial charge in [0.1, 0.15) is 0 Å². The Morgan fingerprint density at radius 2 is 1.96 bits per heavy atom. The van der Waals surface area contributed by atoms with Crippen LogP contribution in [0.5, 0.6) is 0 Å². The normalized spacial score (nSPS) is 19.8. The molecule has 0 amide bonds. The molecular weight excluding hydrogens is 304 g/mol. The Labute approximate surface area is 144 Å². The van der Waals surface area contributed by atoms with Crippen molar-refractivity contribution in [1.82, 2.24) is 4.90 Å². The van der Waals surface area contributed by atoms with Crippen LogP contribution in [0.25, 0.3) is 0 Å². The first kappa shape index (κ1) is 17.2. The molecule has 24 heavy (non-hydrogen) atoms. The Morgan fingerprint density at radius 3 is 2.54 bits per heavy atom. The second-order valence-corrected chi connectivity index (χ2v) is 7.08. The van der Waals surface area contributed by atoms with Crippen LogP contribution in [0.2, 0.25) is 0 Å². The number of carbonyl (C=O) groups is 1. The van der Waals surface area contributed by atoms with Gasteiger partial charge in [0.15, 0.2) is 0 Å². The van der Waals surface area contributed by atoms with Crippen molar-refractivity contribution in [2.75, 3.05) is 52.4 Å². The summed E-state index contributed by atoms with van der Waals surface area (Å²) in [4.78, 5) is 16.9. The molecule has 0 bridgehead atoms. The lowest BCUT2D eigenvalue weighted by Crippen LogP contribution is -2.42. The number of ether oxygens (including phenoxy) is 2. The lowest BCUT2D eigenvalue weighted by atomic mass is 9.88. The van der Waals surface area contributed by atoms with Crippen molar-refractivity contribution >= 4 is 11.7 Å².